The van der Waals surface area contributed by atoms with Gasteiger partial charge >= 0.3 is 0 Å². The minimum Gasteiger partial charge on any atom is -0.389 e. The van der Waals surface area contributed by atoms with Crippen molar-refractivity contribution in [2.24, 2.45) is 0 Å². The maximum absolute atomic E-state index is 9.83. The summed E-state index contributed by atoms with van der Waals surface area (Å²) in [4.78, 5) is 2.32. The highest BCUT2D eigenvalue weighted by Gasteiger charge is 2.20. The molecule has 16 heavy (non-hydrogen) atoms. The maximum Gasteiger partial charge on any atom is 0.0900 e. The van der Waals surface area contributed by atoms with Crippen molar-refractivity contribution in [2.75, 3.05) is 39.4 Å². The number of hydrogen-bond donors (Lipinski definition) is 2. The second-order valence-corrected chi connectivity index (χ2v) is 4.63. The summed E-state index contributed by atoms with van der Waals surface area (Å²) in [5.41, 5.74) is 0. The molecular formula is C12H26N2O2. The van der Waals surface area contributed by atoms with Crippen LogP contribution in [0.1, 0.15) is 26.7 Å². The third-order valence-electron chi connectivity index (χ3n) is 3.04. The molecule has 1 aliphatic heterocycles. The van der Waals surface area contributed by atoms with Gasteiger partial charge in [-0.3, -0.25) is 4.90 Å². The predicted octanol–water partition coefficient (Wildman–Crippen LogP) is 0.458. The van der Waals surface area contributed by atoms with Crippen LogP contribution in [0, 0.1) is 0 Å². The van der Waals surface area contributed by atoms with Gasteiger partial charge in [-0.2, -0.15) is 0 Å². The van der Waals surface area contributed by atoms with Crippen molar-refractivity contribution in [3.63, 3.8) is 0 Å². The van der Waals surface area contributed by atoms with Gasteiger partial charge in [-0.1, -0.05) is 13.3 Å². The summed E-state index contributed by atoms with van der Waals surface area (Å²) in [7, 11) is 0. The van der Waals surface area contributed by atoms with E-state index in [1.54, 1.807) is 0 Å². The molecule has 1 fully saturated rings. The number of piperazine rings is 1. The smallest absolute Gasteiger partial charge is 0.0900 e. The van der Waals surface area contributed by atoms with Gasteiger partial charge in [-0.05, 0) is 13.3 Å². The van der Waals surface area contributed by atoms with Gasteiger partial charge in [-0.25, -0.2) is 0 Å². The van der Waals surface area contributed by atoms with Crippen LogP contribution in [0.5, 0.6) is 0 Å². The average molecular weight is 230 g/mol. The number of hydrogen-bond acceptors (Lipinski definition) is 4. The fourth-order valence-electron chi connectivity index (χ4n) is 1.94. The Bertz CT molecular complexity index is 178. The van der Waals surface area contributed by atoms with Crippen LogP contribution >= 0.6 is 0 Å². The molecule has 4 nitrogen and oxygen atoms in total. The molecule has 2 atom stereocenters. The summed E-state index contributed by atoms with van der Waals surface area (Å²) in [6, 6.07) is 0.513. The van der Waals surface area contributed by atoms with E-state index in [0.717, 1.165) is 45.6 Å². The Labute approximate surface area is 99.0 Å². The third kappa shape index (κ3) is 5.25. The summed E-state index contributed by atoms with van der Waals surface area (Å²) in [5, 5.41) is 13.2. The first-order chi connectivity index (χ1) is 7.74. The van der Waals surface area contributed by atoms with E-state index >= 15 is 0 Å². The van der Waals surface area contributed by atoms with Crippen molar-refractivity contribution < 1.29 is 9.84 Å². The van der Waals surface area contributed by atoms with Gasteiger partial charge < -0.3 is 15.2 Å². The highest BCUT2D eigenvalue weighted by molar-refractivity contribution is 4.77. The second-order valence-electron chi connectivity index (χ2n) is 4.63. The van der Waals surface area contributed by atoms with Crippen LogP contribution in [0.4, 0.5) is 0 Å². The highest BCUT2D eigenvalue weighted by Crippen LogP contribution is 2.03. The Hall–Kier alpha value is -0.160. The van der Waals surface area contributed by atoms with Gasteiger partial charge in [0.05, 0.1) is 12.7 Å². The summed E-state index contributed by atoms with van der Waals surface area (Å²) >= 11 is 0. The number of β-amino-alcohol motifs (C(OH)–C–C–N with tert-alkyl or cyclic N) is 1. The lowest BCUT2D eigenvalue weighted by molar-refractivity contribution is 0.00569. The van der Waals surface area contributed by atoms with Gasteiger partial charge in [0, 0.05) is 38.8 Å². The van der Waals surface area contributed by atoms with Crippen molar-refractivity contribution in [1.29, 1.82) is 0 Å². The van der Waals surface area contributed by atoms with Crippen LogP contribution in [0.15, 0.2) is 0 Å². The van der Waals surface area contributed by atoms with E-state index in [1.807, 2.05) is 0 Å². The number of aliphatic hydroxyl groups excluding tert-OH is 1. The highest BCUT2D eigenvalue weighted by atomic mass is 16.5. The molecule has 4 heteroatoms. The Morgan fingerprint density at radius 1 is 1.56 bits per heavy atom. The zero-order valence-electron chi connectivity index (χ0n) is 10.6. The van der Waals surface area contributed by atoms with Crippen LogP contribution in [-0.2, 0) is 4.74 Å². The molecule has 96 valence electrons. The number of aliphatic hydroxyl groups is 1. The van der Waals surface area contributed by atoms with E-state index in [9.17, 15) is 5.11 Å². The lowest BCUT2D eigenvalue weighted by Crippen LogP contribution is -2.52. The van der Waals surface area contributed by atoms with Gasteiger partial charge in [0.1, 0.15) is 0 Å². The largest absolute Gasteiger partial charge is 0.389 e. The zero-order chi connectivity index (χ0) is 11.8. The second kappa shape index (κ2) is 8.01. The van der Waals surface area contributed by atoms with E-state index in [-0.39, 0.29) is 6.10 Å². The van der Waals surface area contributed by atoms with Crippen molar-refractivity contribution >= 4 is 0 Å². The van der Waals surface area contributed by atoms with E-state index in [1.165, 1.54) is 0 Å². The summed E-state index contributed by atoms with van der Waals surface area (Å²) < 4.78 is 5.42. The van der Waals surface area contributed by atoms with E-state index < -0.39 is 0 Å². The van der Waals surface area contributed by atoms with Crippen molar-refractivity contribution in [3.05, 3.63) is 0 Å². The van der Waals surface area contributed by atoms with E-state index in [0.29, 0.717) is 12.6 Å². The number of nitrogens with one attached hydrogen (secondary N) is 1. The monoisotopic (exact) mass is 230 g/mol. The van der Waals surface area contributed by atoms with E-state index in [2.05, 4.69) is 24.1 Å². The lowest BCUT2D eigenvalue weighted by Gasteiger charge is -2.35. The number of rotatable bonds is 7. The summed E-state index contributed by atoms with van der Waals surface area (Å²) in [6.45, 7) is 9.36. The molecule has 0 spiro atoms. The standard InChI is InChI=1S/C12H26N2O2/c1-3-4-7-16-10-12(15)9-14-6-5-13-8-11(14)2/h11-13,15H,3-10H2,1-2H3/t11-,12?/m0/s1. The quantitative estimate of drug-likeness (QED) is 0.624. The fraction of sp³-hybridized carbons (Fsp3) is 1.00. The Balaban J connectivity index is 2.09. The van der Waals surface area contributed by atoms with Gasteiger partial charge in [-0.15, -0.1) is 0 Å². The Kier molecular flexibility index (Phi) is 6.96. The SMILES string of the molecule is CCCCOCC(O)CN1CCNC[C@@H]1C. The minimum absolute atomic E-state index is 0.350. The molecule has 0 saturated carbocycles. The molecule has 1 aliphatic rings. The molecule has 1 saturated heterocycles. The first kappa shape index (κ1) is 13.9. The fourth-order valence-corrected chi connectivity index (χ4v) is 1.94. The predicted molar refractivity (Wildman–Crippen MR) is 65.6 cm³/mol. The molecule has 1 unspecified atom stereocenters. The molecule has 0 bridgehead atoms. The van der Waals surface area contributed by atoms with Crippen molar-refractivity contribution in [3.8, 4) is 0 Å². The topological polar surface area (TPSA) is 44.7 Å². The molecule has 0 aromatic rings. The molecule has 0 radical (unpaired) electrons. The molecule has 1 heterocycles. The molecule has 2 N–H and O–H groups in total. The Morgan fingerprint density at radius 3 is 3.06 bits per heavy atom. The summed E-state index contributed by atoms with van der Waals surface area (Å²) in [5.74, 6) is 0. The zero-order valence-corrected chi connectivity index (χ0v) is 10.6. The van der Waals surface area contributed by atoms with Crippen LogP contribution in [0.3, 0.4) is 0 Å². The van der Waals surface area contributed by atoms with E-state index in [4.69, 9.17) is 4.74 Å². The Morgan fingerprint density at radius 2 is 2.38 bits per heavy atom. The minimum atomic E-state index is -0.350. The number of ether oxygens (including phenoxy) is 1. The molecule has 0 aromatic carbocycles. The van der Waals surface area contributed by atoms with Gasteiger partial charge in [0.15, 0.2) is 0 Å². The number of nitrogens with zero attached hydrogens (tertiary/aromatic N) is 1. The summed E-state index contributed by atoms with van der Waals surface area (Å²) in [6.07, 6.45) is 1.87. The molecular weight excluding hydrogens is 204 g/mol. The molecule has 1 rings (SSSR count). The lowest BCUT2D eigenvalue weighted by atomic mass is 10.2. The van der Waals surface area contributed by atoms with Gasteiger partial charge in [0.2, 0.25) is 0 Å². The average Bonchev–Trinajstić information content (AvgIpc) is 2.28. The van der Waals surface area contributed by atoms with Crippen molar-refractivity contribution in [2.45, 2.75) is 38.8 Å². The maximum atomic E-state index is 9.83. The van der Waals surface area contributed by atoms with Crippen LogP contribution in [-0.4, -0.2) is 61.5 Å². The molecule has 0 aromatic heterocycles. The van der Waals surface area contributed by atoms with Crippen LogP contribution in [0.2, 0.25) is 0 Å². The number of unbranched alkanes of at least 4 members (excludes halogenated alkanes) is 1. The normalized spacial score (nSPS) is 24.6. The first-order valence-electron chi connectivity index (χ1n) is 6.44. The van der Waals surface area contributed by atoms with Crippen LogP contribution < -0.4 is 5.32 Å². The third-order valence-corrected chi connectivity index (χ3v) is 3.04. The van der Waals surface area contributed by atoms with Gasteiger partial charge in [0.25, 0.3) is 0 Å². The molecule has 0 aliphatic carbocycles. The molecule has 0 amide bonds. The van der Waals surface area contributed by atoms with Crippen LogP contribution in [0.25, 0.3) is 0 Å². The van der Waals surface area contributed by atoms with Crippen molar-refractivity contribution in [1.82, 2.24) is 10.2 Å². The first-order valence-corrected chi connectivity index (χ1v) is 6.44.